The van der Waals surface area contributed by atoms with E-state index < -0.39 is 0 Å². The van der Waals surface area contributed by atoms with Crippen molar-refractivity contribution in [3.05, 3.63) is 181 Å². The van der Waals surface area contributed by atoms with Crippen molar-refractivity contribution in [1.82, 2.24) is 14.5 Å². The minimum atomic E-state index is -0.182. The molecule has 0 spiro atoms. The number of hydrogen-bond donors (Lipinski definition) is 1. The van der Waals surface area contributed by atoms with Gasteiger partial charge in [-0.15, -0.1) is 0 Å². The van der Waals surface area contributed by atoms with Gasteiger partial charge >= 0.3 is 0 Å². The van der Waals surface area contributed by atoms with Crippen molar-refractivity contribution in [3.63, 3.8) is 0 Å². The van der Waals surface area contributed by atoms with Crippen LogP contribution in [0.25, 0.3) is 55.9 Å². The monoisotopic (exact) mass is 686 g/mol. The van der Waals surface area contributed by atoms with Crippen molar-refractivity contribution in [3.8, 4) is 22.6 Å². The van der Waals surface area contributed by atoms with Crippen LogP contribution in [0.15, 0.2) is 170 Å². The van der Waals surface area contributed by atoms with Crippen molar-refractivity contribution < 1.29 is 0 Å². The second-order valence-electron chi connectivity index (χ2n) is 14.5. The lowest BCUT2D eigenvalue weighted by atomic mass is 9.81. The number of aromatic amines is 1. The normalized spacial score (nSPS) is 15.0. The van der Waals surface area contributed by atoms with Crippen molar-refractivity contribution in [1.29, 1.82) is 0 Å². The van der Waals surface area contributed by atoms with Gasteiger partial charge in [0.25, 0.3) is 0 Å². The van der Waals surface area contributed by atoms with Crippen molar-refractivity contribution >= 4 is 50.3 Å². The number of nitrogens with zero attached hydrogens (tertiary/aromatic N) is 3. The highest BCUT2D eigenvalue weighted by atomic mass is 15.1. The molecule has 4 nitrogen and oxygen atoms in total. The van der Waals surface area contributed by atoms with Crippen LogP contribution in [-0.4, -0.2) is 14.5 Å². The van der Waals surface area contributed by atoms with E-state index in [-0.39, 0.29) is 5.41 Å². The number of para-hydroxylation sites is 3. The Bertz CT molecular complexity index is 2620. The molecule has 2 aliphatic rings. The Morgan fingerprint density at radius 3 is 2.25 bits per heavy atom. The van der Waals surface area contributed by atoms with Crippen LogP contribution >= 0.6 is 0 Å². The highest BCUT2D eigenvalue weighted by Crippen LogP contribution is 2.49. The number of fused-ring (bicyclic) bond motifs is 3. The van der Waals surface area contributed by atoms with Crippen LogP contribution < -0.4 is 4.90 Å². The third kappa shape index (κ3) is 5.50. The van der Waals surface area contributed by atoms with E-state index >= 15 is 0 Å². The Morgan fingerprint density at radius 1 is 0.811 bits per heavy atom. The number of rotatable bonds is 8. The van der Waals surface area contributed by atoms with Crippen molar-refractivity contribution in [2.45, 2.75) is 39.0 Å². The smallest absolute Gasteiger partial charge is 0.145 e. The van der Waals surface area contributed by atoms with Gasteiger partial charge in [-0.1, -0.05) is 99.3 Å². The van der Waals surface area contributed by atoms with Gasteiger partial charge in [-0.25, -0.2) is 4.98 Å². The Balaban J connectivity index is 1.16. The lowest BCUT2D eigenvalue weighted by Gasteiger charge is -2.29. The summed E-state index contributed by atoms with van der Waals surface area (Å²) < 4.78 is 2.34. The highest BCUT2D eigenvalue weighted by molar-refractivity contribution is 5.91. The minimum absolute atomic E-state index is 0.182. The maximum atomic E-state index is 5.16. The second-order valence-corrected chi connectivity index (χ2v) is 14.5. The summed E-state index contributed by atoms with van der Waals surface area (Å²) in [6.07, 6.45) is 15.0. The summed E-state index contributed by atoms with van der Waals surface area (Å²) in [7, 11) is 0. The van der Waals surface area contributed by atoms with E-state index in [4.69, 9.17) is 4.98 Å². The van der Waals surface area contributed by atoms with E-state index in [0.717, 1.165) is 69.1 Å². The fourth-order valence-corrected chi connectivity index (χ4v) is 8.27. The zero-order chi connectivity index (χ0) is 36.1. The Kier molecular flexibility index (Phi) is 7.97. The fraction of sp³-hybridized carbons (Fsp3) is 0.122. The summed E-state index contributed by atoms with van der Waals surface area (Å²) in [5.41, 5.74) is 16.1. The van der Waals surface area contributed by atoms with E-state index in [9.17, 15) is 0 Å². The molecule has 0 radical (unpaired) electrons. The molecule has 7 aromatic rings. The summed E-state index contributed by atoms with van der Waals surface area (Å²) >= 11 is 0. The van der Waals surface area contributed by atoms with Gasteiger partial charge in [-0.3, -0.25) is 4.57 Å². The summed E-state index contributed by atoms with van der Waals surface area (Å²) in [6, 6.07) is 43.8. The zero-order valence-electron chi connectivity index (χ0n) is 30.5. The molecule has 0 bridgehead atoms. The lowest BCUT2D eigenvalue weighted by Crippen LogP contribution is -2.17. The van der Waals surface area contributed by atoms with Gasteiger partial charge in [-0.2, -0.15) is 0 Å². The third-order valence-electron chi connectivity index (χ3n) is 10.9. The number of hydrogen-bond acceptors (Lipinski definition) is 2. The van der Waals surface area contributed by atoms with Gasteiger partial charge in [0.05, 0.1) is 11.0 Å². The molecule has 5 aromatic carbocycles. The first-order valence-corrected chi connectivity index (χ1v) is 18.5. The lowest BCUT2D eigenvalue weighted by molar-refractivity contribution is 0.654. The first-order chi connectivity index (χ1) is 25.9. The molecule has 0 saturated carbocycles. The molecule has 0 saturated heterocycles. The number of allylic oxidation sites excluding steroid dienone is 9. The summed E-state index contributed by atoms with van der Waals surface area (Å²) in [5.74, 6) is 0.965. The number of anilines is 3. The molecule has 0 aliphatic heterocycles. The number of benzene rings is 5. The van der Waals surface area contributed by atoms with Crippen LogP contribution in [0.4, 0.5) is 17.1 Å². The van der Waals surface area contributed by atoms with Crippen LogP contribution in [0.3, 0.4) is 0 Å². The first kappa shape index (κ1) is 32.5. The Labute approximate surface area is 311 Å². The zero-order valence-corrected chi connectivity index (χ0v) is 30.5. The van der Waals surface area contributed by atoms with Crippen LogP contribution in [-0.2, 0) is 5.41 Å². The Hall–Kier alpha value is -6.39. The molecule has 4 heteroatoms. The van der Waals surface area contributed by atoms with Gasteiger partial charge in [0.2, 0.25) is 0 Å². The molecule has 0 unspecified atom stereocenters. The van der Waals surface area contributed by atoms with Crippen molar-refractivity contribution in [2.24, 2.45) is 0 Å². The van der Waals surface area contributed by atoms with E-state index in [1.165, 1.54) is 33.4 Å². The molecule has 1 N–H and O–H groups in total. The molecule has 0 atom stereocenters. The van der Waals surface area contributed by atoms with E-state index in [2.05, 4.69) is 194 Å². The molecule has 9 rings (SSSR count). The van der Waals surface area contributed by atoms with E-state index in [0.29, 0.717) is 0 Å². The highest BCUT2D eigenvalue weighted by Gasteiger charge is 2.36. The second kappa shape index (κ2) is 13.0. The summed E-state index contributed by atoms with van der Waals surface area (Å²) in [5, 5.41) is 1.21. The van der Waals surface area contributed by atoms with Gasteiger partial charge < -0.3 is 9.88 Å². The minimum Gasteiger partial charge on any atom is -0.355 e. The predicted octanol–water partition coefficient (Wildman–Crippen LogP) is 13.3. The molecular weight excluding hydrogens is 645 g/mol. The molecular formula is C49H42N4. The quantitative estimate of drug-likeness (QED) is 0.173. The number of H-pyrrole nitrogens is 1. The third-order valence-corrected chi connectivity index (χ3v) is 10.9. The van der Waals surface area contributed by atoms with Crippen LogP contribution in [0.1, 0.15) is 44.7 Å². The average Bonchev–Trinajstić information content (AvgIpc) is 3.86. The molecule has 2 aromatic heterocycles. The summed E-state index contributed by atoms with van der Waals surface area (Å²) in [4.78, 5) is 11.1. The van der Waals surface area contributed by atoms with E-state index in [1.807, 2.05) is 6.08 Å². The average molecular weight is 687 g/mol. The van der Waals surface area contributed by atoms with Crippen LogP contribution in [0.5, 0.6) is 0 Å². The van der Waals surface area contributed by atoms with Gasteiger partial charge in [-0.05, 0) is 126 Å². The largest absolute Gasteiger partial charge is 0.355 e. The van der Waals surface area contributed by atoms with E-state index in [1.54, 1.807) is 0 Å². The molecule has 2 heterocycles. The molecule has 53 heavy (non-hydrogen) atoms. The van der Waals surface area contributed by atoms with Gasteiger partial charge in [0, 0.05) is 50.3 Å². The maximum absolute atomic E-state index is 5.16. The fourth-order valence-electron chi connectivity index (χ4n) is 8.27. The molecule has 258 valence electrons. The van der Waals surface area contributed by atoms with Gasteiger partial charge in [0.1, 0.15) is 5.82 Å². The summed E-state index contributed by atoms with van der Waals surface area (Å²) in [6.45, 7) is 10.9. The standard InChI is InChI=1S/C49H42N4/c1-5-14-40-41-30-29-39(32-43(41)49(3,4)42(40)6-2)52(37-25-21-33(22-26-37)46-31-35-15-10-11-18-44(35)50-46)38-27-23-34(24-28-38)48-51-45-19-12-13-20-47(45)53(48)36-16-8-7-9-17-36/h5-8,10-16,18-32,50H,2,9,17H2,1,3-4H3/b14-5-. The number of aromatic nitrogens is 3. The molecule has 0 amide bonds. The number of nitrogens with one attached hydrogen (secondary N) is 1. The van der Waals surface area contributed by atoms with Crippen LogP contribution in [0.2, 0.25) is 0 Å². The van der Waals surface area contributed by atoms with Crippen molar-refractivity contribution in [2.75, 3.05) is 4.90 Å². The first-order valence-electron chi connectivity index (χ1n) is 18.5. The SMILES string of the molecule is C=CC1=C(/C=C\C)c2ccc(N(c3ccc(-c4cc5ccccc5[nH]4)cc3)c3ccc(-c4nc5ccccc5n4C4=CC=CCC4)cc3)cc2C1(C)C. The predicted molar refractivity (Wildman–Crippen MR) is 225 cm³/mol. The maximum Gasteiger partial charge on any atom is 0.145 e. The van der Waals surface area contributed by atoms with Crippen LogP contribution in [0, 0.1) is 0 Å². The van der Waals surface area contributed by atoms with Gasteiger partial charge in [0.15, 0.2) is 0 Å². The molecule has 0 fully saturated rings. The number of imidazole rings is 1. The topological polar surface area (TPSA) is 36.9 Å². The Morgan fingerprint density at radius 2 is 1.53 bits per heavy atom. The molecule has 2 aliphatic carbocycles.